The molecule has 0 heteroatoms. The molecule has 0 aliphatic heterocycles. The molecule has 0 N–H and O–H groups in total. The first-order chi connectivity index (χ1) is 2.94. The minimum absolute atomic E-state index is 0. The van der Waals surface area contributed by atoms with E-state index in [4.69, 9.17) is 0 Å². The molecule has 0 saturated carbocycles. The van der Waals surface area contributed by atoms with E-state index in [0.29, 0.717) is 5.41 Å². The first kappa shape index (κ1) is 7.00. The molecule has 0 heterocycles. The molecule has 0 rings (SSSR count). The largest absolute Gasteiger partial charge is 0.0623 e. The molecule has 0 fully saturated rings. The first-order valence-electron chi connectivity index (χ1n) is 2.94. The maximum Gasteiger partial charge on any atom is 0 e. The van der Waals surface area contributed by atoms with Crippen LogP contribution in [0.1, 0.15) is 36.0 Å². The number of hydrogen-bond donors (Lipinski definition) is 0. The Morgan fingerprint density at radius 2 is 1.29 bits per heavy atom. The van der Waals surface area contributed by atoms with Gasteiger partial charge >= 0.3 is 0 Å². The Kier molecular flexibility index (Phi) is 1.85. The summed E-state index contributed by atoms with van der Waals surface area (Å²) in [5, 5.41) is 0. The van der Waals surface area contributed by atoms with Crippen molar-refractivity contribution in [2.24, 2.45) is 11.3 Å². The lowest BCUT2D eigenvalue weighted by molar-refractivity contribution is 0.283. The number of hydrogen-bond acceptors (Lipinski definition) is 0. The van der Waals surface area contributed by atoms with Gasteiger partial charge in [0.05, 0.1) is 0 Å². The van der Waals surface area contributed by atoms with Gasteiger partial charge in [0, 0.05) is 1.43 Å². The molecule has 0 saturated heterocycles. The van der Waals surface area contributed by atoms with E-state index in [1.165, 1.54) is 0 Å². The van der Waals surface area contributed by atoms with Gasteiger partial charge in [0.2, 0.25) is 0 Å². The Bertz CT molecular complexity index is 49.9. The Hall–Kier alpha value is 0. The van der Waals surface area contributed by atoms with Crippen LogP contribution in [0.25, 0.3) is 0 Å². The van der Waals surface area contributed by atoms with Gasteiger partial charge in [-0.25, -0.2) is 0 Å². The van der Waals surface area contributed by atoms with Crippen molar-refractivity contribution in [1.82, 2.24) is 0 Å². The molecule has 0 aliphatic rings. The highest BCUT2D eigenvalue weighted by molar-refractivity contribution is 4.64. The summed E-state index contributed by atoms with van der Waals surface area (Å²) in [6, 6.07) is 0. The molecule has 7 heavy (non-hydrogen) atoms. The molecule has 0 aromatic carbocycles. The predicted octanol–water partition coefficient (Wildman–Crippen LogP) is 2.93. The van der Waals surface area contributed by atoms with Crippen molar-refractivity contribution in [2.75, 3.05) is 0 Å². The summed E-state index contributed by atoms with van der Waals surface area (Å²) in [6.07, 6.45) is 0. The summed E-state index contributed by atoms with van der Waals surface area (Å²) < 4.78 is 0. The van der Waals surface area contributed by atoms with Crippen molar-refractivity contribution in [3.05, 3.63) is 0 Å². The van der Waals surface area contributed by atoms with Gasteiger partial charge in [0.25, 0.3) is 0 Å². The van der Waals surface area contributed by atoms with Crippen molar-refractivity contribution in [2.45, 2.75) is 34.6 Å². The van der Waals surface area contributed by atoms with E-state index in [0.717, 1.165) is 5.92 Å². The molecule has 0 atom stereocenters. The molecule has 0 aromatic heterocycles. The van der Waals surface area contributed by atoms with Crippen molar-refractivity contribution in [1.29, 1.82) is 0 Å². The summed E-state index contributed by atoms with van der Waals surface area (Å²) in [6.45, 7) is 11.3. The zero-order valence-electron chi connectivity index (χ0n) is 6.08. The molecule has 0 nitrogen and oxygen atoms in total. The molecule has 0 unspecified atom stereocenters. The Morgan fingerprint density at radius 1 is 1.14 bits per heavy atom. The molecule has 0 radical (unpaired) electrons. The van der Waals surface area contributed by atoms with Crippen LogP contribution >= 0.6 is 0 Å². The Morgan fingerprint density at radius 3 is 1.29 bits per heavy atom. The maximum absolute atomic E-state index is 2.26. The van der Waals surface area contributed by atoms with Crippen molar-refractivity contribution < 1.29 is 1.43 Å². The lowest BCUT2D eigenvalue weighted by Gasteiger charge is -2.22. The van der Waals surface area contributed by atoms with Crippen LogP contribution < -0.4 is 0 Å². The topological polar surface area (TPSA) is 0 Å². The lowest BCUT2D eigenvalue weighted by atomic mass is 9.84. The van der Waals surface area contributed by atoms with E-state index in [9.17, 15) is 0 Å². The van der Waals surface area contributed by atoms with Crippen LogP contribution in [0, 0.1) is 11.3 Å². The van der Waals surface area contributed by atoms with Gasteiger partial charge in [0.1, 0.15) is 0 Å². The molecule has 0 spiro atoms. The van der Waals surface area contributed by atoms with Crippen LogP contribution in [0.4, 0.5) is 0 Å². The van der Waals surface area contributed by atoms with E-state index in [1.807, 2.05) is 0 Å². The second kappa shape index (κ2) is 1.85. The molecule has 0 bridgehead atoms. The van der Waals surface area contributed by atoms with Crippen molar-refractivity contribution in [3.63, 3.8) is 0 Å². The highest BCUT2D eigenvalue weighted by Gasteiger charge is 2.13. The van der Waals surface area contributed by atoms with E-state index in [1.54, 1.807) is 0 Å². The second-order valence-corrected chi connectivity index (χ2v) is 3.52. The number of rotatable bonds is 0. The van der Waals surface area contributed by atoms with Gasteiger partial charge in [-0.15, -0.1) is 0 Å². The van der Waals surface area contributed by atoms with Crippen LogP contribution in [-0.2, 0) is 0 Å². The van der Waals surface area contributed by atoms with E-state index < -0.39 is 0 Å². The highest BCUT2D eigenvalue weighted by atomic mass is 14.2. The fraction of sp³-hybridized carbons (Fsp3) is 1.00. The van der Waals surface area contributed by atoms with Crippen molar-refractivity contribution in [3.8, 4) is 0 Å². The molecular formula is C7H18. The Labute approximate surface area is 48.4 Å². The second-order valence-electron chi connectivity index (χ2n) is 3.52. The van der Waals surface area contributed by atoms with Gasteiger partial charge in [-0.2, -0.15) is 0 Å². The average Bonchev–Trinajstić information content (AvgIpc) is 1.31. The van der Waals surface area contributed by atoms with Gasteiger partial charge in [0.15, 0.2) is 0 Å². The normalized spacial score (nSPS) is 12.9. The minimum Gasteiger partial charge on any atom is -0.0623 e. The average molecular weight is 103 g/mol. The van der Waals surface area contributed by atoms with E-state index in [2.05, 4.69) is 34.6 Å². The van der Waals surface area contributed by atoms with E-state index in [-0.39, 0.29) is 1.43 Å². The first-order valence-corrected chi connectivity index (χ1v) is 2.94. The zero-order chi connectivity index (χ0) is 6.08. The monoisotopic (exact) mass is 103 g/mol. The summed E-state index contributed by atoms with van der Waals surface area (Å²) in [4.78, 5) is 0. The van der Waals surface area contributed by atoms with Crippen LogP contribution in [0.5, 0.6) is 0 Å². The quantitative estimate of drug-likeness (QED) is 0.442. The minimum atomic E-state index is 0. The molecular weight excluding hydrogens is 84.1 g/mol. The van der Waals surface area contributed by atoms with Crippen LogP contribution in [0.2, 0.25) is 0 Å². The summed E-state index contributed by atoms with van der Waals surface area (Å²) in [5.41, 5.74) is 0.500. The Balaban J connectivity index is 0. The fourth-order valence-electron chi connectivity index (χ4n) is 0. The smallest absolute Gasteiger partial charge is 0 e. The van der Waals surface area contributed by atoms with Crippen LogP contribution in [-0.4, -0.2) is 0 Å². The molecule has 0 amide bonds. The van der Waals surface area contributed by atoms with Gasteiger partial charge in [-0.3, -0.25) is 0 Å². The van der Waals surface area contributed by atoms with Crippen molar-refractivity contribution >= 4 is 0 Å². The molecule has 46 valence electrons. The molecule has 0 aromatic rings. The van der Waals surface area contributed by atoms with Gasteiger partial charge in [-0.1, -0.05) is 34.6 Å². The fourth-order valence-corrected chi connectivity index (χ4v) is 0. The van der Waals surface area contributed by atoms with Crippen LogP contribution in [0.3, 0.4) is 0 Å². The summed E-state index contributed by atoms with van der Waals surface area (Å²) in [5.74, 6) is 0.799. The highest BCUT2D eigenvalue weighted by Crippen LogP contribution is 2.23. The standard InChI is InChI=1S/C7H16.H2/c1-6(2)7(3,4)5;/h6H,1-5H3;1H/i;1+1. The predicted molar refractivity (Wildman–Crippen MR) is 36.4 cm³/mol. The summed E-state index contributed by atoms with van der Waals surface area (Å²) >= 11 is 0. The lowest BCUT2D eigenvalue weighted by Crippen LogP contribution is -2.12. The summed E-state index contributed by atoms with van der Waals surface area (Å²) in [7, 11) is 0. The third-order valence-electron chi connectivity index (χ3n) is 1.73. The SMILES string of the molecule is CC(C)C(C)(C)C.[2HH]. The van der Waals surface area contributed by atoms with Gasteiger partial charge < -0.3 is 0 Å². The van der Waals surface area contributed by atoms with Gasteiger partial charge in [-0.05, 0) is 11.3 Å². The van der Waals surface area contributed by atoms with E-state index >= 15 is 0 Å². The van der Waals surface area contributed by atoms with Crippen LogP contribution in [0.15, 0.2) is 0 Å². The molecule has 0 aliphatic carbocycles. The zero-order valence-corrected chi connectivity index (χ0v) is 6.08. The third kappa shape index (κ3) is 2.67. The third-order valence-corrected chi connectivity index (χ3v) is 1.73. The maximum atomic E-state index is 2.26.